The van der Waals surface area contributed by atoms with Crippen molar-refractivity contribution < 1.29 is 8.83 Å². The van der Waals surface area contributed by atoms with E-state index in [1.807, 2.05) is 47.7 Å². The van der Waals surface area contributed by atoms with Gasteiger partial charge in [-0.1, -0.05) is 91.0 Å². The van der Waals surface area contributed by atoms with Crippen LogP contribution in [-0.4, -0.2) is 4.98 Å². The van der Waals surface area contributed by atoms with Crippen LogP contribution in [0.2, 0.25) is 0 Å². The number of para-hydroxylation sites is 2. The molecule has 8 aromatic carbocycles. The third kappa shape index (κ3) is 4.57. The third-order valence-electron chi connectivity index (χ3n) is 10.1. The van der Waals surface area contributed by atoms with E-state index in [-0.39, 0.29) is 0 Å². The van der Waals surface area contributed by atoms with Gasteiger partial charge >= 0.3 is 0 Å². The summed E-state index contributed by atoms with van der Waals surface area (Å²) in [4.78, 5) is 7.17. The van der Waals surface area contributed by atoms with Crippen LogP contribution < -0.4 is 4.90 Å². The molecule has 52 heavy (non-hydrogen) atoms. The Morgan fingerprint density at radius 3 is 2.08 bits per heavy atom. The van der Waals surface area contributed by atoms with E-state index >= 15 is 0 Å². The Morgan fingerprint density at radius 2 is 1.15 bits per heavy atom. The van der Waals surface area contributed by atoms with Crippen molar-refractivity contribution >= 4 is 92.4 Å². The summed E-state index contributed by atoms with van der Waals surface area (Å²) in [5.41, 5.74) is 9.66. The number of nitrogens with zero attached hydrogens (tertiary/aromatic N) is 2. The first kappa shape index (κ1) is 29.1. The molecule has 3 heterocycles. The van der Waals surface area contributed by atoms with Crippen molar-refractivity contribution in [1.82, 2.24) is 4.98 Å². The molecule has 0 aliphatic carbocycles. The molecule has 0 N–H and O–H groups in total. The molecule has 0 bridgehead atoms. The molecule has 3 aromatic heterocycles. The summed E-state index contributed by atoms with van der Waals surface area (Å²) < 4.78 is 15.4. The Morgan fingerprint density at radius 1 is 0.442 bits per heavy atom. The summed E-state index contributed by atoms with van der Waals surface area (Å²) in [5.74, 6) is 0.585. The molecule has 0 radical (unpaired) electrons. The van der Waals surface area contributed by atoms with Gasteiger partial charge in [0, 0.05) is 59.6 Å². The maximum absolute atomic E-state index is 6.62. The monoisotopic (exact) mass is 684 g/mol. The van der Waals surface area contributed by atoms with Gasteiger partial charge in [0.1, 0.15) is 16.7 Å². The van der Waals surface area contributed by atoms with Gasteiger partial charge in [0.25, 0.3) is 0 Å². The first-order valence-electron chi connectivity index (χ1n) is 17.4. The van der Waals surface area contributed by atoms with Gasteiger partial charge in [-0.3, -0.25) is 0 Å². The molecular formula is C47H28N2O2S. The van der Waals surface area contributed by atoms with Gasteiger partial charge in [0.15, 0.2) is 5.58 Å². The highest BCUT2D eigenvalue weighted by molar-refractivity contribution is 7.25. The highest BCUT2D eigenvalue weighted by atomic mass is 32.1. The smallest absolute Gasteiger partial charge is 0.228 e. The van der Waals surface area contributed by atoms with Gasteiger partial charge in [0.2, 0.25) is 5.89 Å². The lowest BCUT2D eigenvalue weighted by molar-refractivity contribution is 0.620. The van der Waals surface area contributed by atoms with E-state index in [0.717, 1.165) is 55.7 Å². The Hall–Kier alpha value is -6.69. The average molecular weight is 685 g/mol. The van der Waals surface area contributed by atoms with Crippen molar-refractivity contribution in [3.05, 3.63) is 170 Å². The minimum absolute atomic E-state index is 0.585. The Bertz CT molecular complexity index is 3120. The molecule has 0 unspecified atom stereocenters. The van der Waals surface area contributed by atoms with Crippen LogP contribution in [0.1, 0.15) is 0 Å². The lowest BCUT2D eigenvalue weighted by atomic mass is 9.97. The third-order valence-corrected chi connectivity index (χ3v) is 11.2. The molecule has 0 atom stereocenters. The fraction of sp³-hybridized carbons (Fsp3) is 0. The van der Waals surface area contributed by atoms with E-state index in [1.165, 1.54) is 42.1 Å². The van der Waals surface area contributed by atoms with Crippen LogP contribution in [0.5, 0.6) is 0 Å². The lowest BCUT2D eigenvalue weighted by Gasteiger charge is -2.26. The predicted molar refractivity (Wildman–Crippen MR) is 217 cm³/mol. The van der Waals surface area contributed by atoms with Gasteiger partial charge in [-0.15, -0.1) is 11.3 Å². The molecule has 0 aliphatic heterocycles. The van der Waals surface area contributed by atoms with Crippen LogP contribution in [0, 0.1) is 0 Å². The molecule has 244 valence electrons. The van der Waals surface area contributed by atoms with Gasteiger partial charge in [-0.2, -0.15) is 0 Å². The van der Waals surface area contributed by atoms with Crippen molar-refractivity contribution in [2.75, 3.05) is 4.90 Å². The van der Waals surface area contributed by atoms with Crippen LogP contribution in [0.4, 0.5) is 17.1 Å². The first-order valence-corrected chi connectivity index (χ1v) is 18.2. The lowest BCUT2D eigenvalue weighted by Crippen LogP contribution is -2.09. The number of furan rings is 1. The number of hydrogen-bond acceptors (Lipinski definition) is 5. The molecule has 5 heteroatoms. The average Bonchev–Trinajstić information content (AvgIpc) is 3.91. The number of anilines is 3. The van der Waals surface area contributed by atoms with Crippen LogP contribution in [-0.2, 0) is 0 Å². The Kier molecular flexibility index (Phi) is 6.39. The van der Waals surface area contributed by atoms with Crippen molar-refractivity contribution in [3.63, 3.8) is 0 Å². The minimum atomic E-state index is 0.585. The number of hydrogen-bond donors (Lipinski definition) is 0. The highest BCUT2D eigenvalue weighted by Gasteiger charge is 2.21. The van der Waals surface area contributed by atoms with E-state index in [9.17, 15) is 0 Å². The van der Waals surface area contributed by atoms with Gasteiger partial charge in [-0.25, -0.2) is 4.98 Å². The van der Waals surface area contributed by atoms with E-state index in [0.29, 0.717) is 5.89 Å². The number of aromatic nitrogens is 1. The van der Waals surface area contributed by atoms with E-state index in [4.69, 9.17) is 13.8 Å². The summed E-state index contributed by atoms with van der Waals surface area (Å²) in [6.07, 6.45) is 0. The zero-order valence-electron chi connectivity index (χ0n) is 27.8. The van der Waals surface area contributed by atoms with Gasteiger partial charge < -0.3 is 13.7 Å². The summed E-state index contributed by atoms with van der Waals surface area (Å²) in [6, 6.07) is 59.9. The Balaban J connectivity index is 1.13. The molecule has 0 spiro atoms. The molecule has 0 saturated carbocycles. The number of rotatable bonds is 5. The van der Waals surface area contributed by atoms with E-state index in [2.05, 4.69) is 138 Å². The predicted octanol–water partition coefficient (Wildman–Crippen LogP) is 14.1. The molecule has 0 aliphatic rings. The van der Waals surface area contributed by atoms with Crippen LogP contribution >= 0.6 is 11.3 Å². The molecule has 11 aromatic rings. The zero-order valence-corrected chi connectivity index (χ0v) is 28.6. The largest absolute Gasteiger partial charge is 0.456 e. The Labute approximate surface area is 302 Å². The molecular weight excluding hydrogens is 657 g/mol. The number of oxazole rings is 1. The first-order chi connectivity index (χ1) is 25.7. The van der Waals surface area contributed by atoms with Gasteiger partial charge in [-0.05, 0) is 94.7 Å². The minimum Gasteiger partial charge on any atom is -0.456 e. The second-order valence-electron chi connectivity index (χ2n) is 13.1. The maximum Gasteiger partial charge on any atom is 0.228 e. The van der Waals surface area contributed by atoms with E-state index in [1.54, 1.807) is 0 Å². The number of benzene rings is 8. The molecule has 11 rings (SSSR count). The molecule has 4 nitrogen and oxygen atoms in total. The van der Waals surface area contributed by atoms with Crippen molar-refractivity contribution in [2.45, 2.75) is 0 Å². The zero-order chi connectivity index (χ0) is 34.2. The normalized spacial score (nSPS) is 11.8. The summed E-state index contributed by atoms with van der Waals surface area (Å²) in [6.45, 7) is 0. The maximum atomic E-state index is 6.62. The summed E-state index contributed by atoms with van der Waals surface area (Å²) in [5, 5.41) is 6.93. The SMILES string of the molecule is c1ccc(-c2cccc3ccc(N(c4ccc5c(c4)oc4cccc(-c6nc7ccccc7o6)c45)c4ccc5sc6ccccc6c5c4)cc23)cc1. The van der Waals surface area contributed by atoms with Crippen molar-refractivity contribution in [1.29, 1.82) is 0 Å². The van der Waals surface area contributed by atoms with Crippen molar-refractivity contribution in [3.8, 4) is 22.6 Å². The summed E-state index contributed by atoms with van der Waals surface area (Å²) in [7, 11) is 0. The molecule has 0 amide bonds. The van der Waals surface area contributed by atoms with Crippen LogP contribution in [0.15, 0.2) is 179 Å². The number of thiophene rings is 1. The molecule has 0 saturated heterocycles. The quantitative estimate of drug-likeness (QED) is 0.181. The fourth-order valence-corrected chi connectivity index (χ4v) is 8.78. The van der Waals surface area contributed by atoms with Crippen LogP contribution in [0.3, 0.4) is 0 Å². The second-order valence-corrected chi connectivity index (χ2v) is 14.2. The van der Waals surface area contributed by atoms with Crippen molar-refractivity contribution in [2.24, 2.45) is 0 Å². The molecule has 0 fully saturated rings. The van der Waals surface area contributed by atoms with Crippen LogP contribution in [0.25, 0.3) is 86.6 Å². The standard InChI is InChI=1S/C47H28N2O2S/c1-2-10-29(11-3-1)34-14-8-12-30-20-21-31(26-38(30)34)49(32-23-25-45-39(27-32)35-13-4-7-19-44(35)52-45)33-22-24-36-43(28-33)50-42-18-9-15-37(46(36)42)47-48-40-16-5-6-17-41(40)51-47/h1-28H. The highest BCUT2D eigenvalue weighted by Crippen LogP contribution is 2.44. The van der Waals surface area contributed by atoms with Gasteiger partial charge in [0.05, 0.1) is 0 Å². The summed E-state index contributed by atoms with van der Waals surface area (Å²) >= 11 is 1.83. The topological polar surface area (TPSA) is 42.4 Å². The van der Waals surface area contributed by atoms with E-state index < -0.39 is 0 Å². The fourth-order valence-electron chi connectivity index (χ4n) is 7.69. The second kappa shape index (κ2) is 11.4. The number of fused-ring (bicyclic) bond motifs is 8.